The van der Waals surface area contributed by atoms with Gasteiger partial charge in [-0.15, -0.1) is 6.58 Å². The molecular formula is C14H26. The second-order valence-electron chi connectivity index (χ2n) is 6.12. The third-order valence-corrected chi connectivity index (χ3v) is 4.99. The van der Waals surface area contributed by atoms with Gasteiger partial charge >= 0.3 is 0 Å². The van der Waals surface area contributed by atoms with Crippen LogP contribution in [0.1, 0.15) is 53.9 Å². The molecule has 14 heavy (non-hydrogen) atoms. The Morgan fingerprint density at radius 2 is 1.86 bits per heavy atom. The Bertz CT molecular complexity index is 216. The van der Waals surface area contributed by atoms with Crippen molar-refractivity contribution in [2.75, 3.05) is 0 Å². The van der Waals surface area contributed by atoms with Gasteiger partial charge in [0, 0.05) is 0 Å². The molecule has 82 valence electrons. The van der Waals surface area contributed by atoms with E-state index in [4.69, 9.17) is 0 Å². The van der Waals surface area contributed by atoms with E-state index in [0.29, 0.717) is 10.8 Å². The highest BCUT2D eigenvalue weighted by molar-refractivity contribution is 5.01. The van der Waals surface area contributed by atoms with Crippen molar-refractivity contribution in [3.63, 3.8) is 0 Å². The smallest absolute Gasteiger partial charge is 0.0123 e. The van der Waals surface area contributed by atoms with E-state index in [0.717, 1.165) is 11.8 Å². The van der Waals surface area contributed by atoms with Crippen LogP contribution in [0.15, 0.2) is 12.7 Å². The summed E-state index contributed by atoms with van der Waals surface area (Å²) < 4.78 is 0. The van der Waals surface area contributed by atoms with Crippen LogP contribution in [-0.4, -0.2) is 0 Å². The second-order valence-corrected chi connectivity index (χ2v) is 6.12. The Hall–Kier alpha value is -0.260. The van der Waals surface area contributed by atoms with Crippen LogP contribution >= 0.6 is 0 Å². The predicted octanol–water partition coefficient (Wildman–Crippen LogP) is 4.66. The minimum atomic E-state index is 0.383. The highest BCUT2D eigenvalue weighted by Crippen LogP contribution is 2.52. The highest BCUT2D eigenvalue weighted by Gasteiger charge is 2.42. The normalized spacial score (nSPS) is 44.0. The first-order valence-electron chi connectivity index (χ1n) is 5.98. The second kappa shape index (κ2) is 3.72. The SMILES string of the molecule is C=C[C@@]1(C)CC[C@](C)(C(C)C)CC1C. The minimum absolute atomic E-state index is 0.383. The summed E-state index contributed by atoms with van der Waals surface area (Å²) in [5.41, 5.74) is 0.941. The molecule has 0 aliphatic heterocycles. The molecule has 0 aromatic heterocycles. The molecule has 1 aliphatic carbocycles. The van der Waals surface area contributed by atoms with Crippen LogP contribution < -0.4 is 0 Å². The monoisotopic (exact) mass is 194 g/mol. The molecule has 0 radical (unpaired) electrons. The van der Waals surface area contributed by atoms with Crippen molar-refractivity contribution in [1.29, 1.82) is 0 Å². The van der Waals surface area contributed by atoms with E-state index in [1.54, 1.807) is 0 Å². The van der Waals surface area contributed by atoms with Crippen LogP contribution in [0.25, 0.3) is 0 Å². The zero-order chi connectivity index (χ0) is 11.0. The fourth-order valence-corrected chi connectivity index (χ4v) is 2.66. The largest absolute Gasteiger partial charge is 0.103 e. The Balaban J connectivity index is 2.77. The Labute approximate surface area is 89.8 Å². The number of rotatable bonds is 2. The van der Waals surface area contributed by atoms with E-state index < -0.39 is 0 Å². The van der Waals surface area contributed by atoms with Gasteiger partial charge < -0.3 is 0 Å². The van der Waals surface area contributed by atoms with Crippen molar-refractivity contribution in [2.24, 2.45) is 22.7 Å². The average Bonchev–Trinajstić information content (AvgIpc) is 2.12. The highest BCUT2D eigenvalue weighted by atomic mass is 14.5. The van der Waals surface area contributed by atoms with Gasteiger partial charge in [-0.1, -0.05) is 40.7 Å². The van der Waals surface area contributed by atoms with Crippen molar-refractivity contribution < 1.29 is 0 Å². The Morgan fingerprint density at radius 1 is 1.29 bits per heavy atom. The van der Waals surface area contributed by atoms with E-state index in [-0.39, 0.29) is 0 Å². The maximum Gasteiger partial charge on any atom is -0.0123 e. The fraction of sp³-hybridized carbons (Fsp3) is 0.857. The number of allylic oxidation sites excluding steroid dienone is 1. The topological polar surface area (TPSA) is 0 Å². The number of hydrogen-bond acceptors (Lipinski definition) is 0. The predicted molar refractivity (Wildman–Crippen MR) is 64.3 cm³/mol. The fourth-order valence-electron chi connectivity index (χ4n) is 2.66. The maximum atomic E-state index is 4.00. The standard InChI is InChI=1S/C14H26/c1-7-13(5)8-9-14(6,11(2)3)10-12(13)4/h7,11-12H,1,8-10H2,2-6H3/t12?,13-,14-/m0/s1. The molecule has 0 heteroatoms. The molecule has 0 heterocycles. The lowest BCUT2D eigenvalue weighted by atomic mass is 9.57. The first-order valence-corrected chi connectivity index (χ1v) is 5.98. The van der Waals surface area contributed by atoms with Gasteiger partial charge in [0.25, 0.3) is 0 Å². The van der Waals surface area contributed by atoms with Gasteiger partial charge in [0.15, 0.2) is 0 Å². The van der Waals surface area contributed by atoms with Crippen molar-refractivity contribution in [1.82, 2.24) is 0 Å². The molecule has 3 atom stereocenters. The van der Waals surface area contributed by atoms with Crippen molar-refractivity contribution in [3.05, 3.63) is 12.7 Å². The lowest BCUT2D eigenvalue weighted by Gasteiger charge is -2.48. The van der Waals surface area contributed by atoms with Gasteiger partial charge in [0.2, 0.25) is 0 Å². The van der Waals surface area contributed by atoms with Gasteiger partial charge in [-0.3, -0.25) is 0 Å². The molecule has 1 saturated carbocycles. The molecule has 0 spiro atoms. The van der Waals surface area contributed by atoms with Gasteiger partial charge in [-0.25, -0.2) is 0 Å². The molecule has 0 N–H and O–H groups in total. The zero-order valence-corrected chi connectivity index (χ0v) is 10.6. The Kier molecular flexibility index (Phi) is 3.13. The zero-order valence-electron chi connectivity index (χ0n) is 10.6. The third kappa shape index (κ3) is 1.89. The van der Waals surface area contributed by atoms with E-state index >= 15 is 0 Å². The van der Waals surface area contributed by atoms with Gasteiger partial charge in [0.1, 0.15) is 0 Å². The van der Waals surface area contributed by atoms with Crippen molar-refractivity contribution in [2.45, 2.75) is 53.9 Å². The summed E-state index contributed by atoms with van der Waals surface area (Å²) in [4.78, 5) is 0. The minimum Gasteiger partial charge on any atom is -0.103 e. The van der Waals surface area contributed by atoms with Gasteiger partial charge in [0.05, 0.1) is 0 Å². The lowest BCUT2D eigenvalue weighted by Crippen LogP contribution is -2.38. The first kappa shape index (κ1) is 11.8. The van der Waals surface area contributed by atoms with Crippen LogP contribution in [0.3, 0.4) is 0 Å². The molecule has 0 aromatic carbocycles. The van der Waals surface area contributed by atoms with Crippen LogP contribution in [0.2, 0.25) is 0 Å². The van der Waals surface area contributed by atoms with Gasteiger partial charge in [-0.2, -0.15) is 0 Å². The molecule has 1 fully saturated rings. The molecule has 1 rings (SSSR count). The number of hydrogen-bond donors (Lipinski definition) is 0. The molecule has 0 bridgehead atoms. The first-order chi connectivity index (χ1) is 6.34. The van der Waals surface area contributed by atoms with Crippen LogP contribution in [0.4, 0.5) is 0 Å². The molecule has 1 unspecified atom stereocenters. The van der Waals surface area contributed by atoms with E-state index in [9.17, 15) is 0 Å². The Morgan fingerprint density at radius 3 is 2.21 bits per heavy atom. The quantitative estimate of drug-likeness (QED) is 0.561. The van der Waals surface area contributed by atoms with Crippen LogP contribution in [0.5, 0.6) is 0 Å². The van der Waals surface area contributed by atoms with E-state index in [1.807, 2.05) is 0 Å². The third-order valence-electron chi connectivity index (χ3n) is 4.99. The molecule has 0 nitrogen and oxygen atoms in total. The molecular weight excluding hydrogens is 168 g/mol. The summed E-state index contributed by atoms with van der Waals surface area (Å²) >= 11 is 0. The lowest BCUT2D eigenvalue weighted by molar-refractivity contribution is 0.0403. The van der Waals surface area contributed by atoms with Crippen molar-refractivity contribution in [3.8, 4) is 0 Å². The van der Waals surface area contributed by atoms with E-state index in [1.165, 1.54) is 19.3 Å². The maximum absolute atomic E-state index is 4.00. The van der Waals surface area contributed by atoms with Crippen LogP contribution in [0, 0.1) is 22.7 Å². The van der Waals surface area contributed by atoms with Crippen LogP contribution in [-0.2, 0) is 0 Å². The molecule has 1 aliphatic rings. The summed E-state index contributed by atoms with van der Waals surface area (Å²) in [5.74, 6) is 1.58. The summed E-state index contributed by atoms with van der Waals surface area (Å²) in [5, 5.41) is 0. The summed E-state index contributed by atoms with van der Waals surface area (Å²) in [7, 11) is 0. The molecule has 0 saturated heterocycles. The average molecular weight is 194 g/mol. The molecule has 0 amide bonds. The van der Waals surface area contributed by atoms with Gasteiger partial charge in [-0.05, 0) is 41.9 Å². The summed E-state index contributed by atoms with van der Waals surface area (Å²) in [6, 6.07) is 0. The summed E-state index contributed by atoms with van der Waals surface area (Å²) in [6.07, 6.45) is 6.20. The summed E-state index contributed by atoms with van der Waals surface area (Å²) in [6.45, 7) is 15.9. The van der Waals surface area contributed by atoms with Crippen molar-refractivity contribution >= 4 is 0 Å². The van der Waals surface area contributed by atoms with E-state index in [2.05, 4.69) is 47.3 Å². The molecule has 0 aromatic rings.